The molecule has 0 aliphatic rings. The first kappa shape index (κ1) is 13.9. The molecule has 0 spiro atoms. The van der Waals surface area contributed by atoms with Gasteiger partial charge in [-0.25, -0.2) is 4.98 Å². The van der Waals surface area contributed by atoms with E-state index in [1.165, 1.54) is 6.07 Å². The quantitative estimate of drug-likeness (QED) is 0.900. The lowest BCUT2D eigenvalue weighted by Crippen LogP contribution is -2.07. The smallest absolute Gasteiger partial charge is 0.325 e. The molecule has 0 saturated heterocycles. The summed E-state index contributed by atoms with van der Waals surface area (Å²) in [6.45, 7) is 2.60. The Morgan fingerprint density at radius 2 is 2.11 bits per heavy atom. The highest BCUT2D eigenvalue weighted by molar-refractivity contribution is 9.10. The van der Waals surface area contributed by atoms with Crippen LogP contribution in [-0.4, -0.2) is 9.55 Å². The number of hydrogen-bond donors (Lipinski definition) is 1. The molecule has 2 aromatic rings. The predicted octanol–water partition coefficient (Wildman–Crippen LogP) is 4.43. The van der Waals surface area contributed by atoms with E-state index < -0.39 is 11.7 Å². The van der Waals surface area contributed by atoms with Gasteiger partial charge >= 0.3 is 6.18 Å². The van der Waals surface area contributed by atoms with Crippen molar-refractivity contribution in [3.05, 3.63) is 40.6 Å². The van der Waals surface area contributed by atoms with Gasteiger partial charge in [0.05, 0.1) is 11.3 Å². The van der Waals surface area contributed by atoms with Crippen molar-refractivity contribution in [2.24, 2.45) is 0 Å². The zero-order valence-corrected chi connectivity index (χ0v) is 11.6. The molecule has 0 bridgehead atoms. The standard InChI is InChI=1S/C12H11BrF3N3/c1-2-19-6-5-17-11(19)18-10-7-8(12(14,15)16)3-4-9(10)13/h3-7H,2H2,1H3,(H,17,18). The van der Waals surface area contributed by atoms with Crippen molar-refractivity contribution in [1.29, 1.82) is 0 Å². The van der Waals surface area contributed by atoms with E-state index in [2.05, 4.69) is 26.2 Å². The largest absolute Gasteiger partial charge is 0.416 e. The molecule has 1 aromatic heterocycles. The fourth-order valence-corrected chi connectivity index (χ4v) is 1.95. The monoisotopic (exact) mass is 333 g/mol. The molecule has 7 heteroatoms. The average Bonchev–Trinajstić information content (AvgIpc) is 2.77. The molecule has 0 aliphatic heterocycles. The molecule has 3 nitrogen and oxygen atoms in total. The molecule has 1 N–H and O–H groups in total. The summed E-state index contributed by atoms with van der Waals surface area (Å²) >= 11 is 3.22. The number of imidazole rings is 1. The van der Waals surface area contributed by atoms with Crippen molar-refractivity contribution in [3.63, 3.8) is 0 Å². The van der Waals surface area contributed by atoms with Gasteiger partial charge in [0.15, 0.2) is 0 Å². The molecule has 0 amide bonds. The first-order chi connectivity index (χ1) is 8.91. The number of alkyl halides is 3. The van der Waals surface area contributed by atoms with Crippen molar-refractivity contribution in [2.45, 2.75) is 19.6 Å². The van der Waals surface area contributed by atoms with E-state index in [-0.39, 0.29) is 0 Å². The third-order valence-corrected chi connectivity index (χ3v) is 3.29. The first-order valence-electron chi connectivity index (χ1n) is 5.56. The summed E-state index contributed by atoms with van der Waals surface area (Å²) < 4.78 is 40.3. The van der Waals surface area contributed by atoms with Crippen LogP contribution in [0.1, 0.15) is 12.5 Å². The number of hydrogen-bond acceptors (Lipinski definition) is 2. The lowest BCUT2D eigenvalue weighted by atomic mass is 10.2. The minimum atomic E-state index is -4.36. The van der Waals surface area contributed by atoms with Gasteiger partial charge in [0.25, 0.3) is 0 Å². The Balaban J connectivity index is 2.34. The molecule has 0 radical (unpaired) electrons. The molecular weight excluding hydrogens is 323 g/mol. The fraction of sp³-hybridized carbons (Fsp3) is 0.250. The summed E-state index contributed by atoms with van der Waals surface area (Å²) in [5.74, 6) is 0.502. The molecule has 2 rings (SSSR count). The second-order valence-electron chi connectivity index (χ2n) is 3.85. The average molecular weight is 334 g/mol. The minimum Gasteiger partial charge on any atom is -0.325 e. The maximum Gasteiger partial charge on any atom is 0.416 e. The van der Waals surface area contributed by atoms with Crippen molar-refractivity contribution >= 4 is 27.6 Å². The topological polar surface area (TPSA) is 29.9 Å². The maximum absolute atomic E-state index is 12.7. The van der Waals surface area contributed by atoms with Crippen molar-refractivity contribution < 1.29 is 13.2 Å². The minimum absolute atomic E-state index is 0.329. The summed E-state index contributed by atoms with van der Waals surface area (Å²) in [6, 6.07) is 3.45. The van der Waals surface area contributed by atoms with Crippen molar-refractivity contribution in [1.82, 2.24) is 9.55 Å². The Hall–Kier alpha value is -1.50. The van der Waals surface area contributed by atoms with Crippen LogP contribution in [0.25, 0.3) is 0 Å². The van der Waals surface area contributed by atoms with Crippen molar-refractivity contribution in [3.8, 4) is 0 Å². The van der Waals surface area contributed by atoms with E-state index in [1.807, 2.05) is 6.92 Å². The highest BCUT2D eigenvalue weighted by Gasteiger charge is 2.31. The van der Waals surface area contributed by atoms with Crippen molar-refractivity contribution in [2.75, 3.05) is 5.32 Å². The summed E-state index contributed by atoms with van der Waals surface area (Å²) in [6.07, 6.45) is -1.02. The van der Waals surface area contributed by atoms with Gasteiger partial charge < -0.3 is 9.88 Å². The molecule has 1 aromatic carbocycles. The van der Waals surface area contributed by atoms with E-state index in [4.69, 9.17) is 0 Å². The Morgan fingerprint density at radius 3 is 2.74 bits per heavy atom. The van der Waals surface area contributed by atoms with E-state index in [1.54, 1.807) is 17.0 Å². The van der Waals surface area contributed by atoms with Crippen LogP contribution in [-0.2, 0) is 12.7 Å². The third-order valence-electron chi connectivity index (χ3n) is 2.60. The van der Waals surface area contributed by atoms with E-state index in [0.717, 1.165) is 12.1 Å². The molecule has 0 saturated carbocycles. The molecule has 102 valence electrons. The van der Waals surface area contributed by atoms with Gasteiger partial charge in [0.1, 0.15) is 0 Å². The second kappa shape index (κ2) is 5.24. The van der Waals surface area contributed by atoms with Crippen LogP contribution in [0, 0.1) is 0 Å². The van der Waals surface area contributed by atoms with Gasteiger partial charge in [-0.15, -0.1) is 0 Å². The molecule has 0 aliphatic carbocycles. The summed E-state index contributed by atoms with van der Waals surface area (Å²) in [7, 11) is 0. The number of anilines is 2. The number of rotatable bonds is 3. The second-order valence-corrected chi connectivity index (χ2v) is 4.71. The van der Waals surface area contributed by atoms with Crippen LogP contribution in [0.5, 0.6) is 0 Å². The van der Waals surface area contributed by atoms with Gasteiger partial charge in [-0.05, 0) is 41.1 Å². The van der Waals surface area contributed by atoms with Gasteiger partial charge in [-0.3, -0.25) is 0 Å². The van der Waals surface area contributed by atoms with Crippen LogP contribution in [0.4, 0.5) is 24.8 Å². The zero-order chi connectivity index (χ0) is 14.0. The highest BCUT2D eigenvalue weighted by atomic mass is 79.9. The third kappa shape index (κ3) is 3.09. The normalized spacial score (nSPS) is 11.6. The predicted molar refractivity (Wildman–Crippen MR) is 70.3 cm³/mol. The van der Waals surface area contributed by atoms with E-state index in [0.29, 0.717) is 22.7 Å². The SMILES string of the molecule is CCn1ccnc1Nc1cc(C(F)(F)F)ccc1Br. The molecular formula is C12H11BrF3N3. The first-order valence-corrected chi connectivity index (χ1v) is 6.36. The van der Waals surface area contributed by atoms with Gasteiger partial charge in [0.2, 0.25) is 5.95 Å². The molecule has 19 heavy (non-hydrogen) atoms. The molecule has 0 unspecified atom stereocenters. The lowest BCUT2D eigenvalue weighted by molar-refractivity contribution is -0.137. The van der Waals surface area contributed by atoms with E-state index in [9.17, 15) is 13.2 Å². The molecule has 1 heterocycles. The van der Waals surface area contributed by atoms with E-state index >= 15 is 0 Å². The molecule has 0 atom stereocenters. The Morgan fingerprint density at radius 1 is 1.37 bits per heavy atom. The van der Waals surface area contributed by atoms with Crippen LogP contribution in [0.15, 0.2) is 35.1 Å². The Kier molecular flexibility index (Phi) is 3.84. The number of nitrogens with one attached hydrogen (secondary N) is 1. The number of nitrogens with zero attached hydrogens (tertiary/aromatic N) is 2. The zero-order valence-electron chi connectivity index (χ0n) is 10.0. The Labute approximate surface area is 116 Å². The number of halogens is 4. The van der Waals surface area contributed by atoms with Crippen LogP contribution in [0.3, 0.4) is 0 Å². The van der Waals surface area contributed by atoms with Gasteiger partial charge in [0, 0.05) is 23.4 Å². The number of aromatic nitrogens is 2. The maximum atomic E-state index is 12.7. The number of aryl methyl sites for hydroxylation is 1. The summed E-state index contributed by atoms with van der Waals surface area (Å²) in [4.78, 5) is 4.07. The van der Waals surface area contributed by atoms with Crippen LogP contribution < -0.4 is 5.32 Å². The summed E-state index contributed by atoms with van der Waals surface area (Å²) in [5, 5.41) is 2.89. The summed E-state index contributed by atoms with van der Waals surface area (Å²) in [5.41, 5.74) is -0.372. The van der Waals surface area contributed by atoms with Gasteiger partial charge in [-0.1, -0.05) is 0 Å². The highest BCUT2D eigenvalue weighted by Crippen LogP contribution is 2.34. The van der Waals surface area contributed by atoms with Gasteiger partial charge in [-0.2, -0.15) is 13.2 Å². The number of benzene rings is 1. The Bertz CT molecular complexity index is 578. The fourth-order valence-electron chi connectivity index (χ4n) is 1.61. The molecule has 0 fully saturated rings. The van der Waals surface area contributed by atoms with Crippen LogP contribution in [0.2, 0.25) is 0 Å². The lowest BCUT2D eigenvalue weighted by Gasteiger charge is -2.12. The van der Waals surface area contributed by atoms with Crippen LogP contribution >= 0.6 is 15.9 Å².